The second-order valence-electron chi connectivity index (χ2n) is 7.94. The third-order valence-corrected chi connectivity index (χ3v) is 9.39. The molecule has 4 heterocycles. The molecular formula is C22H24N4O3S2. The van der Waals surface area contributed by atoms with Crippen LogP contribution in [0.15, 0.2) is 58.3 Å². The number of hydrogen-bond acceptors (Lipinski definition) is 6. The second kappa shape index (κ2) is 8.22. The van der Waals surface area contributed by atoms with E-state index in [0.717, 1.165) is 29.7 Å². The molecule has 2 saturated heterocycles. The highest BCUT2D eigenvalue weighted by Gasteiger charge is 2.38. The fraction of sp³-hybridized carbons (Fsp3) is 0.364. The van der Waals surface area contributed by atoms with Crippen LogP contribution < -0.4 is 4.90 Å². The van der Waals surface area contributed by atoms with Gasteiger partial charge in [-0.3, -0.25) is 9.78 Å². The van der Waals surface area contributed by atoms with Gasteiger partial charge in [-0.25, -0.2) is 8.42 Å². The van der Waals surface area contributed by atoms with Gasteiger partial charge in [-0.15, -0.1) is 11.3 Å². The van der Waals surface area contributed by atoms with E-state index in [1.165, 1.54) is 15.6 Å². The number of nitrogens with zero attached hydrogens (tertiary/aromatic N) is 4. The summed E-state index contributed by atoms with van der Waals surface area (Å²) in [5, 5.41) is 2.88. The molecule has 7 nitrogen and oxygen atoms in total. The van der Waals surface area contributed by atoms with Crippen LogP contribution in [0.25, 0.3) is 10.9 Å². The molecule has 3 aromatic rings. The molecule has 1 unspecified atom stereocenters. The maximum Gasteiger partial charge on any atom is 0.252 e. The molecule has 2 aliphatic rings. The summed E-state index contributed by atoms with van der Waals surface area (Å²) in [4.78, 5) is 21.7. The quantitative estimate of drug-likeness (QED) is 0.604. The number of carbonyl (C=O) groups is 1. The van der Waals surface area contributed by atoms with Crippen LogP contribution in [0.3, 0.4) is 0 Å². The third-order valence-electron chi connectivity index (χ3n) is 6.15. The number of sulfonamides is 1. The number of amides is 1. The zero-order valence-corrected chi connectivity index (χ0v) is 18.7. The standard InChI is InChI=1S/C22H24N4O3S2/c27-22(17-8-10-26(16-17)31(28,29)21-6-3-15-30-21)25-13-11-24(12-14-25)20-7-9-23-19-5-2-1-4-18(19)20/h1-7,9,15,17H,8,10-14,16H2. The van der Waals surface area contributed by atoms with Gasteiger partial charge in [0, 0.05) is 56.5 Å². The molecule has 5 rings (SSSR count). The average molecular weight is 457 g/mol. The number of rotatable bonds is 4. The molecule has 0 aliphatic carbocycles. The minimum absolute atomic E-state index is 0.0723. The Morgan fingerprint density at radius 2 is 1.81 bits per heavy atom. The first kappa shape index (κ1) is 20.4. The van der Waals surface area contributed by atoms with Gasteiger partial charge in [0.05, 0.1) is 11.4 Å². The van der Waals surface area contributed by atoms with E-state index in [4.69, 9.17) is 0 Å². The summed E-state index contributed by atoms with van der Waals surface area (Å²) in [6.07, 6.45) is 2.41. The number of para-hydroxylation sites is 1. The fourth-order valence-corrected chi connectivity index (χ4v) is 7.11. The summed E-state index contributed by atoms with van der Waals surface area (Å²) in [7, 11) is -3.49. The summed E-state index contributed by atoms with van der Waals surface area (Å²) in [5.74, 6) is -0.189. The van der Waals surface area contributed by atoms with Crippen LogP contribution in [-0.2, 0) is 14.8 Å². The van der Waals surface area contributed by atoms with Crippen LogP contribution in [0, 0.1) is 5.92 Å². The minimum Gasteiger partial charge on any atom is -0.367 e. The number of piperazine rings is 1. The van der Waals surface area contributed by atoms with Gasteiger partial charge in [-0.05, 0) is 30.0 Å². The SMILES string of the molecule is O=C(C1CCN(S(=O)(=O)c2cccs2)C1)N1CCN(c2ccnc3ccccc23)CC1. The van der Waals surface area contributed by atoms with Crippen molar-refractivity contribution in [2.45, 2.75) is 10.6 Å². The van der Waals surface area contributed by atoms with Crippen molar-refractivity contribution >= 4 is 43.9 Å². The van der Waals surface area contributed by atoms with Gasteiger partial charge in [0.2, 0.25) is 5.91 Å². The zero-order chi connectivity index (χ0) is 21.4. The van der Waals surface area contributed by atoms with Gasteiger partial charge < -0.3 is 9.80 Å². The third kappa shape index (κ3) is 3.81. The largest absolute Gasteiger partial charge is 0.367 e. The maximum absolute atomic E-state index is 13.1. The molecule has 0 bridgehead atoms. The van der Waals surface area contributed by atoms with E-state index < -0.39 is 10.0 Å². The average Bonchev–Trinajstić information content (AvgIpc) is 3.52. The van der Waals surface area contributed by atoms with Crippen LogP contribution in [-0.4, -0.2) is 67.8 Å². The number of hydrogen-bond donors (Lipinski definition) is 0. The van der Waals surface area contributed by atoms with Crippen molar-refractivity contribution in [2.24, 2.45) is 5.92 Å². The van der Waals surface area contributed by atoms with Crippen molar-refractivity contribution in [3.63, 3.8) is 0 Å². The number of benzene rings is 1. The number of thiophene rings is 1. The molecule has 0 saturated carbocycles. The van der Waals surface area contributed by atoms with Gasteiger partial charge in [0.25, 0.3) is 10.0 Å². The van der Waals surface area contributed by atoms with Crippen LogP contribution in [0.2, 0.25) is 0 Å². The maximum atomic E-state index is 13.1. The van der Waals surface area contributed by atoms with E-state index in [2.05, 4.69) is 16.0 Å². The van der Waals surface area contributed by atoms with Gasteiger partial charge in [0.1, 0.15) is 4.21 Å². The Labute approximate surface area is 186 Å². The molecule has 1 amide bonds. The molecular weight excluding hydrogens is 432 g/mol. The molecule has 0 spiro atoms. The number of anilines is 1. The van der Waals surface area contributed by atoms with Crippen molar-refractivity contribution in [1.29, 1.82) is 0 Å². The molecule has 0 radical (unpaired) electrons. The first-order valence-corrected chi connectivity index (χ1v) is 12.8. The molecule has 162 valence electrons. The number of aromatic nitrogens is 1. The molecule has 31 heavy (non-hydrogen) atoms. The van der Waals surface area contributed by atoms with E-state index in [9.17, 15) is 13.2 Å². The van der Waals surface area contributed by atoms with Crippen molar-refractivity contribution in [1.82, 2.24) is 14.2 Å². The molecule has 1 atom stereocenters. The highest BCUT2D eigenvalue weighted by molar-refractivity contribution is 7.91. The second-order valence-corrected chi connectivity index (χ2v) is 11.1. The van der Waals surface area contributed by atoms with Gasteiger partial charge in [-0.2, -0.15) is 4.31 Å². The molecule has 2 aromatic heterocycles. The van der Waals surface area contributed by atoms with Crippen LogP contribution in [0.5, 0.6) is 0 Å². The first-order chi connectivity index (χ1) is 15.0. The topological polar surface area (TPSA) is 73.8 Å². The summed E-state index contributed by atoms with van der Waals surface area (Å²) >= 11 is 1.22. The Bertz CT molecular complexity index is 1180. The number of pyridine rings is 1. The van der Waals surface area contributed by atoms with Gasteiger partial charge in [-0.1, -0.05) is 24.3 Å². The van der Waals surface area contributed by atoms with Crippen molar-refractivity contribution in [3.8, 4) is 0 Å². The zero-order valence-electron chi connectivity index (χ0n) is 17.1. The van der Waals surface area contributed by atoms with Crippen LogP contribution >= 0.6 is 11.3 Å². The molecule has 2 aliphatic heterocycles. The van der Waals surface area contributed by atoms with E-state index in [1.807, 2.05) is 35.4 Å². The highest BCUT2D eigenvalue weighted by atomic mass is 32.2. The molecule has 0 N–H and O–H groups in total. The van der Waals surface area contributed by atoms with Crippen molar-refractivity contribution in [3.05, 3.63) is 54.0 Å². The monoisotopic (exact) mass is 456 g/mol. The molecule has 1 aromatic carbocycles. The Morgan fingerprint density at radius 3 is 2.58 bits per heavy atom. The predicted octanol–water partition coefficient (Wildman–Crippen LogP) is 2.66. The highest BCUT2D eigenvalue weighted by Crippen LogP contribution is 2.29. The summed E-state index contributed by atoms with van der Waals surface area (Å²) in [5.41, 5.74) is 2.11. The molecule has 9 heteroatoms. The minimum atomic E-state index is -3.49. The lowest BCUT2D eigenvalue weighted by Gasteiger charge is -2.37. The molecule has 2 fully saturated rings. The number of carbonyl (C=O) groups excluding carboxylic acids is 1. The summed E-state index contributed by atoms with van der Waals surface area (Å²) in [6, 6.07) is 13.5. The van der Waals surface area contributed by atoms with Gasteiger partial charge in [0.15, 0.2) is 0 Å². The van der Waals surface area contributed by atoms with Crippen molar-refractivity contribution < 1.29 is 13.2 Å². The Kier molecular flexibility index (Phi) is 5.41. The Balaban J connectivity index is 1.23. The van der Waals surface area contributed by atoms with Crippen LogP contribution in [0.4, 0.5) is 5.69 Å². The smallest absolute Gasteiger partial charge is 0.252 e. The predicted molar refractivity (Wildman–Crippen MR) is 122 cm³/mol. The van der Waals surface area contributed by atoms with E-state index >= 15 is 0 Å². The lowest BCUT2D eigenvalue weighted by molar-refractivity contribution is -0.135. The normalized spacial score (nSPS) is 20.5. The number of fused-ring (bicyclic) bond motifs is 1. The van der Waals surface area contributed by atoms with Gasteiger partial charge >= 0.3 is 0 Å². The Hall–Kier alpha value is -2.49. The summed E-state index contributed by atoms with van der Waals surface area (Å²) < 4.78 is 27.3. The first-order valence-electron chi connectivity index (χ1n) is 10.5. The summed E-state index contributed by atoms with van der Waals surface area (Å²) in [6.45, 7) is 3.47. The van der Waals surface area contributed by atoms with E-state index in [0.29, 0.717) is 30.3 Å². The van der Waals surface area contributed by atoms with E-state index in [-0.39, 0.29) is 18.4 Å². The lowest BCUT2D eigenvalue weighted by atomic mass is 10.1. The lowest BCUT2D eigenvalue weighted by Crippen LogP contribution is -2.50. The van der Waals surface area contributed by atoms with E-state index in [1.54, 1.807) is 17.5 Å². The van der Waals surface area contributed by atoms with Crippen molar-refractivity contribution in [2.75, 3.05) is 44.2 Å². The fourth-order valence-electron chi connectivity index (χ4n) is 4.47. The van der Waals surface area contributed by atoms with Crippen LogP contribution in [0.1, 0.15) is 6.42 Å². The Morgan fingerprint density at radius 1 is 1.00 bits per heavy atom.